The normalized spacial score (nSPS) is 17.2. The molecule has 0 saturated heterocycles. The zero-order valence-corrected chi connectivity index (χ0v) is 31.2. The first kappa shape index (κ1) is 41.3. The van der Waals surface area contributed by atoms with Gasteiger partial charge in [-0.1, -0.05) is 47.8 Å². The Morgan fingerprint density at radius 2 is 1.64 bits per heavy atom. The number of rotatable bonds is 23. The molecule has 53 heavy (non-hydrogen) atoms. The van der Waals surface area contributed by atoms with Crippen LogP contribution in [0, 0.1) is 0 Å². The van der Waals surface area contributed by atoms with Crippen molar-refractivity contribution in [3.05, 3.63) is 81.6 Å². The molecule has 0 bridgehead atoms. The largest absolute Gasteiger partial charge is 0.490 e. The van der Waals surface area contributed by atoms with Crippen molar-refractivity contribution in [2.45, 2.75) is 94.1 Å². The molecule has 2 saturated carbocycles. The van der Waals surface area contributed by atoms with E-state index in [9.17, 15) is 25.2 Å². The van der Waals surface area contributed by atoms with Crippen molar-refractivity contribution < 1.29 is 49.6 Å². The Labute approximate surface area is 319 Å². The molecule has 1 heterocycles. The fraction of sp³-hybridized carbons (Fsp3) is 0.538. The Hall–Kier alpha value is -2.88. The zero-order chi connectivity index (χ0) is 38.0. The van der Waals surface area contributed by atoms with E-state index in [1.54, 1.807) is 6.20 Å². The van der Waals surface area contributed by atoms with Crippen LogP contribution < -0.4 is 4.74 Å². The molecule has 2 aliphatic rings. The molecule has 3 aromatic rings. The summed E-state index contributed by atoms with van der Waals surface area (Å²) >= 11 is 13.5. The minimum atomic E-state index is -2.03. The molecule has 14 heteroatoms. The van der Waals surface area contributed by atoms with E-state index in [2.05, 4.69) is 11.1 Å². The number of amides is 1. The van der Waals surface area contributed by atoms with Gasteiger partial charge >= 0.3 is 0 Å². The molecule has 1 aromatic heterocycles. The van der Waals surface area contributed by atoms with E-state index in [1.807, 2.05) is 42.6 Å². The first-order valence-electron chi connectivity index (χ1n) is 18.2. The number of halogens is 2. The van der Waals surface area contributed by atoms with Gasteiger partial charge in [0.1, 0.15) is 24.1 Å². The molecule has 0 aliphatic heterocycles. The number of carbonyl (C=O) groups is 1. The van der Waals surface area contributed by atoms with E-state index < -0.39 is 42.5 Å². The number of nitrogens with zero attached hydrogens (tertiary/aromatic N) is 2. The van der Waals surface area contributed by atoms with Gasteiger partial charge in [-0.05, 0) is 85.9 Å². The van der Waals surface area contributed by atoms with Crippen molar-refractivity contribution in [3.63, 3.8) is 0 Å². The van der Waals surface area contributed by atoms with E-state index >= 15 is 0 Å². The number of hydrogen-bond donors (Lipinski definition) is 6. The average molecular weight is 778 g/mol. The molecule has 6 N–H and O–H groups in total. The Balaban J connectivity index is 1.15. The van der Waals surface area contributed by atoms with Crippen LogP contribution in [0.5, 0.6) is 5.75 Å². The van der Waals surface area contributed by atoms with Crippen molar-refractivity contribution >= 4 is 29.1 Å². The number of benzene rings is 2. The maximum Gasteiger partial charge on any atom is 0.254 e. The van der Waals surface area contributed by atoms with Gasteiger partial charge in [0.25, 0.3) is 5.91 Å². The quantitative estimate of drug-likeness (QED) is 0.0772. The molecule has 2 aliphatic carbocycles. The number of unbranched alkanes of at least 4 members (excludes halogenated alkanes) is 2. The molecule has 0 spiro atoms. The lowest BCUT2D eigenvalue weighted by Gasteiger charge is -2.30. The van der Waals surface area contributed by atoms with E-state index in [0.717, 1.165) is 65.7 Å². The van der Waals surface area contributed by atoms with Crippen LogP contribution in [-0.4, -0.2) is 116 Å². The number of aryl methyl sites for hydroxylation is 1. The molecular formula is C39H50Cl2N2O10. The standard InChI is InChI=1S/C39H50Cl2N2O10/c40-31-21-26(24-52-39(12-13-39)30-22-42-14-11-28(30)29-7-3-4-8-34(29)53-27-9-10-27)32(41)20-25(31)6-2-1-5-15-43(16-18-51-19-17-44)38(50)37(49)36(48)35(47)33(46)23-45/h3-4,7-8,11,14,20-22,27,33,35-37,44-49H,1-2,5-6,9-10,12-13,15-19,23-24H2/t33-,35+,36-,37-/m1/s1. The lowest BCUT2D eigenvalue weighted by molar-refractivity contribution is -0.159. The summed E-state index contributed by atoms with van der Waals surface area (Å²) in [7, 11) is 0. The third-order valence-electron chi connectivity index (χ3n) is 9.67. The number of aliphatic hydroxyl groups is 6. The highest BCUT2D eigenvalue weighted by molar-refractivity contribution is 6.34. The maximum absolute atomic E-state index is 13.0. The lowest BCUT2D eigenvalue weighted by atomic mass is 9.96. The highest BCUT2D eigenvalue weighted by atomic mass is 35.5. The lowest BCUT2D eigenvalue weighted by Crippen LogP contribution is -2.53. The van der Waals surface area contributed by atoms with Crippen molar-refractivity contribution in [3.8, 4) is 16.9 Å². The smallest absolute Gasteiger partial charge is 0.254 e. The number of para-hydroxylation sites is 1. The minimum Gasteiger partial charge on any atom is -0.490 e. The average Bonchev–Trinajstić information content (AvgIpc) is 4.12. The maximum atomic E-state index is 13.0. The second-order valence-electron chi connectivity index (χ2n) is 13.7. The zero-order valence-electron chi connectivity index (χ0n) is 29.7. The monoisotopic (exact) mass is 776 g/mol. The molecule has 2 aromatic carbocycles. The van der Waals surface area contributed by atoms with Crippen LogP contribution in [0.3, 0.4) is 0 Å². The van der Waals surface area contributed by atoms with Crippen LogP contribution in [0.15, 0.2) is 54.9 Å². The molecule has 0 unspecified atom stereocenters. The molecule has 0 radical (unpaired) electrons. The van der Waals surface area contributed by atoms with Crippen LogP contribution in [0.2, 0.25) is 10.0 Å². The van der Waals surface area contributed by atoms with Crippen LogP contribution in [0.1, 0.15) is 61.6 Å². The second-order valence-corrected chi connectivity index (χ2v) is 14.5. The Morgan fingerprint density at radius 3 is 2.36 bits per heavy atom. The molecule has 290 valence electrons. The van der Waals surface area contributed by atoms with Gasteiger partial charge in [-0.3, -0.25) is 9.78 Å². The van der Waals surface area contributed by atoms with E-state index in [4.69, 9.17) is 47.6 Å². The second kappa shape index (κ2) is 19.6. The van der Waals surface area contributed by atoms with E-state index in [-0.39, 0.29) is 45.6 Å². The van der Waals surface area contributed by atoms with Gasteiger partial charge < -0.3 is 49.7 Å². The molecule has 5 rings (SSSR count). The molecule has 12 nitrogen and oxygen atoms in total. The van der Waals surface area contributed by atoms with Gasteiger partial charge in [-0.2, -0.15) is 0 Å². The molecule has 2 fully saturated rings. The number of aliphatic hydroxyl groups excluding tert-OH is 6. The molecular weight excluding hydrogens is 727 g/mol. The van der Waals surface area contributed by atoms with Crippen LogP contribution in [0.4, 0.5) is 0 Å². The SMILES string of the molecule is O=C([C@H](O)[C@H](O)[C@@H](O)[C@H](O)CO)N(CCCCCc1cc(Cl)c(COC2(c3cnccc3-c3ccccc3OC3CC3)CC2)cc1Cl)CCOCCO. The predicted molar refractivity (Wildman–Crippen MR) is 199 cm³/mol. The Bertz CT molecular complexity index is 1640. The molecule has 4 atom stereocenters. The fourth-order valence-corrected chi connectivity index (χ4v) is 6.75. The summed E-state index contributed by atoms with van der Waals surface area (Å²) in [6.45, 7) is -0.347. The summed E-state index contributed by atoms with van der Waals surface area (Å²) in [5.74, 6) is 0.00610. The summed E-state index contributed by atoms with van der Waals surface area (Å²) in [4.78, 5) is 18.7. The topological polar surface area (TPSA) is 182 Å². The van der Waals surface area contributed by atoms with Crippen LogP contribution >= 0.6 is 23.2 Å². The predicted octanol–water partition coefficient (Wildman–Crippen LogP) is 3.79. The summed E-state index contributed by atoms with van der Waals surface area (Å²) < 4.78 is 18.1. The number of pyridine rings is 1. The summed E-state index contributed by atoms with van der Waals surface area (Å²) in [6.07, 6.45) is 2.69. The van der Waals surface area contributed by atoms with E-state index in [1.165, 1.54) is 4.90 Å². The summed E-state index contributed by atoms with van der Waals surface area (Å²) in [5.41, 5.74) is 4.26. The Kier molecular flexibility index (Phi) is 15.3. The summed E-state index contributed by atoms with van der Waals surface area (Å²) in [6, 6.07) is 13.8. The number of ether oxygens (including phenoxy) is 3. The van der Waals surface area contributed by atoms with Crippen molar-refractivity contribution in [1.29, 1.82) is 0 Å². The van der Waals surface area contributed by atoms with Gasteiger partial charge in [-0.15, -0.1) is 0 Å². The fourth-order valence-electron chi connectivity index (χ4n) is 6.23. The van der Waals surface area contributed by atoms with Crippen molar-refractivity contribution in [2.75, 3.05) is 39.5 Å². The first-order valence-corrected chi connectivity index (χ1v) is 19.0. The summed E-state index contributed by atoms with van der Waals surface area (Å²) in [5, 5.41) is 59.4. The van der Waals surface area contributed by atoms with Gasteiger partial charge in [-0.25, -0.2) is 0 Å². The Morgan fingerprint density at radius 1 is 0.906 bits per heavy atom. The third kappa shape index (κ3) is 11.1. The highest BCUT2D eigenvalue weighted by Gasteiger charge is 2.48. The van der Waals surface area contributed by atoms with Gasteiger partial charge in [0.2, 0.25) is 0 Å². The number of hydrogen-bond acceptors (Lipinski definition) is 11. The van der Waals surface area contributed by atoms with Crippen LogP contribution in [-0.2, 0) is 32.9 Å². The highest BCUT2D eigenvalue weighted by Crippen LogP contribution is 2.53. The first-order chi connectivity index (χ1) is 25.6. The van der Waals surface area contributed by atoms with Crippen molar-refractivity contribution in [1.82, 2.24) is 9.88 Å². The number of carbonyl (C=O) groups excluding carboxylic acids is 1. The van der Waals surface area contributed by atoms with Gasteiger partial charge in [0.15, 0.2) is 6.10 Å². The minimum absolute atomic E-state index is 0.0672. The van der Waals surface area contributed by atoms with Gasteiger partial charge in [0.05, 0.1) is 44.7 Å². The van der Waals surface area contributed by atoms with Crippen LogP contribution in [0.25, 0.3) is 11.1 Å². The van der Waals surface area contributed by atoms with Gasteiger partial charge in [0, 0.05) is 46.7 Å². The molecule has 1 amide bonds. The van der Waals surface area contributed by atoms with E-state index in [0.29, 0.717) is 29.3 Å². The van der Waals surface area contributed by atoms with Crippen molar-refractivity contribution in [2.24, 2.45) is 0 Å². The number of aromatic nitrogens is 1. The third-order valence-corrected chi connectivity index (χ3v) is 10.4.